The van der Waals surface area contributed by atoms with E-state index in [1.165, 1.54) is 12.1 Å². The van der Waals surface area contributed by atoms with E-state index in [4.69, 9.17) is 12.2 Å². The highest BCUT2D eigenvalue weighted by molar-refractivity contribution is 7.80. The van der Waals surface area contributed by atoms with Gasteiger partial charge in [-0.25, -0.2) is 0 Å². The molecular weight excluding hydrogens is 362 g/mol. The second-order valence-electron chi connectivity index (χ2n) is 5.47. The molecule has 0 amide bonds. The van der Waals surface area contributed by atoms with Gasteiger partial charge in [0.05, 0.1) is 16.3 Å². The van der Waals surface area contributed by atoms with Crippen LogP contribution < -0.4 is 10.6 Å². The number of thiocarbonyl (C=S) groups is 1. The monoisotopic (exact) mass is 377 g/mol. The number of non-ortho nitro benzene ring substituents is 1. The van der Waals surface area contributed by atoms with Crippen LogP contribution in [-0.2, 0) is 0 Å². The average Bonchev–Trinajstić information content (AvgIpc) is 2.68. The molecule has 0 saturated carbocycles. The standard InChI is InChI=1S/C19H15N5O2S/c25-24(26)18-8-4-7-17(13-18)21-19(27)20-14-9-11-16(12-10-14)23-22-15-5-2-1-3-6-15/h1-13H,(H2,20,21,27). The van der Waals surface area contributed by atoms with Crippen LogP contribution in [0, 0.1) is 10.1 Å². The predicted octanol–water partition coefficient (Wildman–Crippen LogP) is 5.82. The molecule has 0 aromatic heterocycles. The fourth-order valence-corrected chi connectivity index (χ4v) is 2.45. The average molecular weight is 377 g/mol. The van der Waals surface area contributed by atoms with Crippen LogP contribution in [0.25, 0.3) is 0 Å². The lowest BCUT2D eigenvalue weighted by atomic mass is 10.3. The highest BCUT2D eigenvalue weighted by Crippen LogP contribution is 2.21. The van der Waals surface area contributed by atoms with Crippen molar-refractivity contribution < 1.29 is 4.92 Å². The van der Waals surface area contributed by atoms with Gasteiger partial charge < -0.3 is 10.6 Å². The molecule has 3 aromatic carbocycles. The summed E-state index contributed by atoms with van der Waals surface area (Å²) in [5.41, 5.74) is 2.78. The minimum atomic E-state index is -0.454. The van der Waals surface area contributed by atoms with Crippen LogP contribution in [0.3, 0.4) is 0 Å². The molecule has 8 heteroatoms. The zero-order valence-electron chi connectivity index (χ0n) is 14.1. The number of hydrogen-bond donors (Lipinski definition) is 2. The number of hydrogen-bond acceptors (Lipinski definition) is 5. The van der Waals surface area contributed by atoms with Gasteiger partial charge in [0.2, 0.25) is 0 Å². The Kier molecular flexibility index (Phi) is 5.80. The maximum absolute atomic E-state index is 10.8. The summed E-state index contributed by atoms with van der Waals surface area (Å²) in [6.07, 6.45) is 0. The lowest BCUT2D eigenvalue weighted by molar-refractivity contribution is -0.384. The van der Waals surface area contributed by atoms with Crippen LogP contribution >= 0.6 is 12.2 Å². The van der Waals surface area contributed by atoms with Crippen molar-refractivity contribution in [1.29, 1.82) is 0 Å². The van der Waals surface area contributed by atoms with Crippen molar-refractivity contribution in [2.45, 2.75) is 0 Å². The third-order valence-corrected chi connectivity index (χ3v) is 3.68. The third-order valence-electron chi connectivity index (χ3n) is 3.48. The fraction of sp³-hybridized carbons (Fsp3) is 0. The van der Waals surface area contributed by atoms with Crippen molar-refractivity contribution >= 4 is 45.8 Å². The number of anilines is 2. The fourth-order valence-electron chi connectivity index (χ4n) is 2.21. The molecule has 0 saturated heterocycles. The molecule has 3 rings (SSSR count). The van der Waals surface area contributed by atoms with Gasteiger partial charge >= 0.3 is 0 Å². The molecule has 0 aliphatic carbocycles. The lowest BCUT2D eigenvalue weighted by Gasteiger charge is -2.10. The van der Waals surface area contributed by atoms with Crippen molar-refractivity contribution in [3.63, 3.8) is 0 Å². The highest BCUT2D eigenvalue weighted by Gasteiger charge is 2.06. The van der Waals surface area contributed by atoms with Crippen molar-refractivity contribution in [2.75, 3.05) is 10.6 Å². The van der Waals surface area contributed by atoms with Crippen LogP contribution in [0.2, 0.25) is 0 Å². The van der Waals surface area contributed by atoms with Gasteiger partial charge in [-0.15, -0.1) is 0 Å². The zero-order valence-corrected chi connectivity index (χ0v) is 14.9. The number of nitro groups is 1. The quantitative estimate of drug-likeness (QED) is 0.253. The summed E-state index contributed by atoms with van der Waals surface area (Å²) in [6, 6.07) is 22.9. The molecule has 0 aliphatic heterocycles. The number of nitro benzene ring substituents is 1. The van der Waals surface area contributed by atoms with Gasteiger partial charge in [0, 0.05) is 23.5 Å². The van der Waals surface area contributed by atoms with Gasteiger partial charge in [-0.1, -0.05) is 24.3 Å². The molecule has 0 unspecified atom stereocenters. The van der Waals surface area contributed by atoms with E-state index in [2.05, 4.69) is 20.9 Å². The van der Waals surface area contributed by atoms with E-state index in [0.29, 0.717) is 16.5 Å². The van der Waals surface area contributed by atoms with Gasteiger partial charge in [0.15, 0.2) is 5.11 Å². The molecule has 134 valence electrons. The van der Waals surface area contributed by atoms with E-state index in [1.54, 1.807) is 12.1 Å². The largest absolute Gasteiger partial charge is 0.332 e. The molecule has 0 radical (unpaired) electrons. The number of azo groups is 1. The van der Waals surface area contributed by atoms with E-state index in [-0.39, 0.29) is 5.69 Å². The summed E-state index contributed by atoms with van der Waals surface area (Å²) in [4.78, 5) is 10.4. The molecule has 0 aliphatic rings. The van der Waals surface area contributed by atoms with Crippen molar-refractivity contribution in [1.82, 2.24) is 0 Å². The van der Waals surface area contributed by atoms with Crippen LogP contribution in [-0.4, -0.2) is 10.0 Å². The highest BCUT2D eigenvalue weighted by atomic mass is 32.1. The third kappa shape index (κ3) is 5.41. The summed E-state index contributed by atoms with van der Waals surface area (Å²) in [7, 11) is 0. The normalized spacial score (nSPS) is 10.5. The van der Waals surface area contributed by atoms with Crippen molar-refractivity contribution in [3.05, 3.63) is 89.0 Å². The SMILES string of the molecule is O=[N+]([O-])c1cccc(NC(=S)Nc2ccc(N=Nc3ccccc3)cc2)c1. The van der Waals surface area contributed by atoms with Crippen LogP contribution in [0.4, 0.5) is 28.4 Å². The maximum Gasteiger partial charge on any atom is 0.271 e. The van der Waals surface area contributed by atoms with Gasteiger partial charge in [0.25, 0.3) is 5.69 Å². The molecule has 0 heterocycles. The second-order valence-corrected chi connectivity index (χ2v) is 5.88. The Morgan fingerprint density at radius 3 is 2.11 bits per heavy atom. The Morgan fingerprint density at radius 2 is 1.44 bits per heavy atom. The minimum absolute atomic E-state index is 0.00377. The van der Waals surface area contributed by atoms with E-state index < -0.39 is 4.92 Å². The topological polar surface area (TPSA) is 91.9 Å². The summed E-state index contributed by atoms with van der Waals surface area (Å²) in [5.74, 6) is 0. The van der Waals surface area contributed by atoms with Gasteiger partial charge in [-0.2, -0.15) is 10.2 Å². The predicted molar refractivity (Wildman–Crippen MR) is 110 cm³/mol. The first-order valence-electron chi connectivity index (χ1n) is 7.99. The summed E-state index contributed by atoms with van der Waals surface area (Å²) in [5, 5.41) is 25.4. The van der Waals surface area contributed by atoms with E-state index in [0.717, 1.165) is 11.4 Å². The number of rotatable bonds is 5. The number of benzene rings is 3. The first kappa shape index (κ1) is 18.2. The van der Waals surface area contributed by atoms with Gasteiger partial charge in [0.1, 0.15) is 0 Å². The Balaban J connectivity index is 1.59. The number of nitrogens with one attached hydrogen (secondary N) is 2. The smallest absolute Gasteiger partial charge is 0.271 e. The summed E-state index contributed by atoms with van der Waals surface area (Å²) < 4.78 is 0. The molecule has 0 bridgehead atoms. The molecule has 0 atom stereocenters. The Labute approximate surface area is 160 Å². The summed E-state index contributed by atoms with van der Waals surface area (Å²) >= 11 is 5.24. The molecule has 0 spiro atoms. The van der Waals surface area contributed by atoms with Crippen molar-refractivity contribution in [2.24, 2.45) is 10.2 Å². The minimum Gasteiger partial charge on any atom is -0.332 e. The van der Waals surface area contributed by atoms with Crippen LogP contribution in [0.5, 0.6) is 0 Å². The first-order chi connectivity index (χ1) is 13.1. The molecular formula is C19H15N5O2S. The Bertz CT molecular complexity index is 975. The van der Waals surface area contributed by atoms with Crippen LogP contribution in [0.1, 0.15) is 0 Å². The van der Waals surface area contributed by atoms with Crippen LogP contribution in [0.15, 0.2) is 89.1 Å². The van der Waals surface area contributed by atoms with Gasteiger partial charge in [-0.05, 0) is 54.7 Å². The molecule has 0 fully saturated rings. The second kappa shape index (κ2) is 8.63. The van der Waals surface area contributed by atoms with Gasteiger partial charge in [-0.3, -0.25) is 10.1 Å². The molecule has 3 aromatic rings. The van der Waals surface area contributed by atoms with E-state index in [9.17, 15) is 10.1 Å². The lowest BCUT2D eigenvalue weighted by Crippen LogP contribution is -2.18. The number of nitrogens with zero attached hydrogens (tertiary/aromatic N) is 3. The molecule has 27 heavy (non-hydrogen) atoms. The van der Waals surface area contributed by atoms with Crippen molar-refractivity contribution in [3.8, 4) is 0 Å². The molecule has 2 N–H and O–H groups in total. The molecule has 7 nitrogen and oxygen atoms in total. The Hall–Kier alpha value is -3.65. The Morgan fingerprint density at radius 1 is 0.815 bits per heavy atom. The maximum atomic E-state index is 10.8. The summed E-state index contributed by atoms with van der Waals surface area (Å²) in [6.45, 7) is 0. The first-order valence-corrected chi connectivity index (χ1v) is 8.40. The zero-order chi connectivity index (χ0) is 19.1. The van der Waals surface area contributed by atoms with E-state index in [1.807, 2.05) is 54.6 Å². The van der Waals surface area contributed by atoms with E-state index >= 15 is 0 Å².